The zero-order chi connectivity index (χ0) is 29.4. The Morgan fingerprint density at radius 3 is 1.68 bits per heavy atom. The molecule has 8 heteroatoms. The third kappa shape index (κ3) is 25.7. The highest BCUT2D eigenvalue weighted by molar-refractivity contribution is 14.1. The van der Waals surface area contributed by atoms with E-state index in [2.05, 4.69) is 46.9 Å². The van der Waals surface area contributed by atoms with Crippen LogP contribution in [0.1, 0.15) is 108 Å². The Labute approximate surface area is 260 Å². The van der Waals surface area contributed by atoms with Gasteiger partial charge < -0.3 is 14.1 Å². The lowest BCUT2D eigenvalue weighted by molar-refractivity contribution is -0.870. The number of benzene rings is 1. The summed E-state index contributed by atoms with van der Waals surface area (Å²) in [6.07, 6.45) is 24.5. The first-order valence-electron chi connectivity index (χ1n) is 15.7. The van der Waals surface area contributed by atoms with E-state index in [1.807, 2.05) is 21.1 Å². The van der Waals surface area contributed by atoms with Gasteiger partial charge in [0.25, 0.3) is 0 Å². The molecule has 1 N–H and O–H groups in total. The summed E-state index contributed by atoms with van der Waals surface area (Å²) in [5.74, 6) is 0. The van der Waals surface area contributed by atoms with E-state index in [1.165, 1.54) is 112 Å². The summed E-state index contributed by atoms with van der Waals surface area (Å²) in [4.78, 5) is 9.65. The van der Waals surface area contributed by atoms with Gasteiger partial charge in [0.2, 0.25) is 0 Å². The fourth-order valence-corrected chi connectivity index (χ4v) is 5.53. The van der Waals surface area contributed by atoms with Gasteiger partial charge in [0, 0.05) is 16.6 Å². The van der Waals surface area contributed by atoms with E-state index in [9.17, 15) is 9.46 Å². The van der Waals surface area contributed by atoms with Crippen molar-refractivity contribution < 1.29 is 27.7 Å². The van der Waals surface area contributed by atoms with E-state index in [-0.39, 0.29) is 13.2 Å². The maximum atomic E-state index is 11.8. The first-order valence-corrected chi connectivity index (χ1v) is 18.3. The molecule has 40 heavy (non-hydrogen) atoms. The van der Waals surface area contributed by atoms with Gasteiger partial charge in [-0.1, -0.05) is 102 Å². The molecule has 1 unspecified atom stereocenters. The largest absolute Gasteiger partial charge is 0.472 e. The number of ether oxygens (including phenoxy) is 1. The minimum Gasteiger partial charge on any atom is -0.381 e. The Hall–Kier alpha value is -0.0200. The SMILES string of the molecule is C[N+](C)(C)CCOP(=O)(O)OC[CH]COCCCCCCCCCCCCCCCCCCc1ccc(I)cc1. The van der Waals surface area contributed by atoms with Gasteiger partial charge in [-0.25, -0.2) is 4.57 Å². The Bertz CT molecular complexity index is 757. The highest BCUT2D eigenvalue weighted by atomic mass is 127. The molecule has 0 aliphatic rings. The van der Waals surface area contributed by atoms with E-state index in [0.717, 1.165) is 13.0 Å². The van der Waals surface area contributed by atoms with Gasteiger partial charge in [-0.05, 0) is 59.5 Å². The summed E-state index contributed by atoms with van der Waals surface area (Å²) in [5.41, 5.74) is 1.48. The molecule has 0 spiro atoms. The second kappa shape index (κ2) is 24.4. The third-order valence-corrected chi connectivity index (χ3v) is 8.73. The molecule has 0 aromatic heterocycles. The predicted octanol–water partition coefficient (Wildman–Crippen LogP) is 9.14. The van der Waals surface area contributed by atoms with E-state index in [1.54, 1.807) is 6.42 Å². The van der Waals surface area contributed by atoms with Crippen molar-refractivity contribution in [2.45, 2.75) is 109 Å². The maximum Gasteiger partial charge on any atom is 0.472 e. The zero-order valence-corrected chi connectivity index (χ0v) is 28.8. The summed E-state index contributed by atoms with van der Waals surface area (Å²) in [6.45, 7) is 2.02. The number of nitrogens with zero attached hydrogens (tertiary/aromatic N) is 1. The molecule has 233 valence electrons. The average Bonchev–Trinajstić information content (AvgIpc) is 2.89. The Morgan fingerprint density at radius 1 is 0.700 bits per heavy atom. The number of halogens is 1. The molecule has 0 aliphatic heterocycles. The second-order valence-corrected chi connectivity index (χ2v) is 14.7. The van der Waals surface area contributed by atoms with Crippen LogP contribution in [0.3, 0.4) is 0 Å². The molecular formula is C32H59INO5P+. The first-order chi connectivity index (χ1) is 19.2. The van der Waals surface area contributed by atoms with Crippen molar-refractivity contribution in [2.24, 2.45) is 0 Å². The van der Waals surface area contributed by atoms with Gasteiger partial charge in [0.05, 0.1) is 34.4 Å². The lowest BCUT2D eigenvalue weighted by Gasteiger charge is -2.24. The molecule has 6 nitrogen and oxygen atoms in total. The number of aryl methyl sites for hydroxylation is 1. The monoisotopic (exact) mass is 695 g/mol. The van der Waals surface area contributed by atoms with Crippen molar-refractivity contribution in [3.8, 4) is 0 Å². The standard InChI is InChI=1S/C32H58INO5P/c1-34(2,3)26-30-39-40(35,36)38-29-20-28-37-27-19-17-15-13-11-9-7-5-4-6-8-10-12-14-16-18-21-31-22-24-32(33)25-23-31/h20,22-25H,4-19,21,26-30H2,1-3H3/p+1. The van der Waals surface area contributed by atoms with Crippen molar-refractivity contribution in [3.05, 3.63) is 39.8 Å². The number of hydrogen-bond acceptors (Lipinski definition) is 4. The van der Waals surface area contributed by atoms with Crippen LogP contribution in [0, 0.1) is 9.99 Å². The van der Waals surface area contributed by atoms with Gasteiger partial charge in [-0.2, -0.15) is 0 Å². The van der Waals surface area contributed by atoms with E-state index in [0.29, 0.717) is 17.6 Å². The zero-order valence-electron chi connectivity index (χ0n) is 25.8. The van der Waals surface area contributed by atoms with Gasteiger partial charge in [-0.15, -0.1) is 0 Å². The summed E-state index contributed by atoms with van der Waals surface area (Å²) < 4.78 is 29.3. The van der Waals surface area contributed by atoms with E-state index in [4.69, 9.17) is 13.8 Å². The number of likely N-dealkylation sites (N-methyl/N-ethyl adjacent to an activating group) is 1. The molecule has 0 saturated heterocycles. The van der Waals surface area contributed by atoms with Crippen LogP contribution in [0.5, 0.6) is 0 Å². The van der Waals surface area contributed by atoms with Crippen LogP contribution in [-0.2, 0) is 24.8 Å². The number of hydrogen-bond donors (Lipinski definition) is 1. The molecule has 1 radical (unpaired) electrons. The third-order valence-electron chi connectivity index (χ3n) is 7.03. The minimum absolute atomic E-state index is 0.0490. The van der Waals surface area contributed by atoms with Crippen LogP contribution in [-0.4, -0.2) is 63.5 Å². The summed E-state index contributed by atoms with van der Waals surface area (Å²) >= 11 is 2.37. The smallest absolute Gasteiger partial charge is 0.381 e. The van der Waals surface area contributed by atoms with Crippen molar-refractivity contribution in [1.82, 2.24) is 0 Å². The van der Waals surface area contributed by atoms with Crippen molar-refractivity contribution in [2.75, 3.05) is 54.1 Å². The van der Waals surface area contributed by atoms with Crippen molar-refractivity contribution in [1.29, 1.82) is 0 Å². The Balaban J connectivity index is 1.72. The van der Waals surface area contributed by atoms with Crippen LogP contribution < -0.4 is 0 Å². The molecule has 0 heterocycles. The highest BCUT2D eigenvalue weighted by Crippen LogP contribution is 2.42. The minimum atomic E-state index is -3.98. The number of quaternary nitrogens is 1. The van der Waals surface area contributed by atoms with Crippen LogP contribution in [0.25, 0.3) is 0 Å². The molecule has 0 amide bonds. The van der Waals surface area contributed by atoms with Crippen molar-refractivity contribution in [3.63, 3.8) is 0 Å². The van der Waals surface area contributed by atoms with Crippen LogP contribution in [0.4, 0.5) is 0 Å². The Kier molecular flexibility index (Phi) is 23.2. The van der Waals surface area contributed by atoms with Gasteiger partial charge in [0.15, 0.2) is 0 Å². The number of phosphoric ester groups is 1. The molecule has 0 aliphatic carbocycles. The number of phosphoric acid groups is 1. The van der Waals surface area contributed by atoms with E-state index >= 15 is 0 Å². The topological polar surface area (TPSA) is 65.0 Å². The Morgan fingerprint density at radius 2 is 1.18 bits per heavy atom. The molecule has 0 saturated carbocycles. The van der Waals surface area contributed by atoms with Gasteiger partial charge in [-0.3, -0.25) is 9.05 Å². The summed E-state index contributed by atoms with van der Waals surface area (Å²) in [5, 5.41) is 0. The van der Waals surface area contributed by atoms with Crippen molar-refractivity contribution >= 4 is 30.4 Å². The maximum absolute atomic E-state index is 11.8. The first kappa shape index (κ1) is 38.0. The normalized spacial score (nSPS) is 13.5. The summed E-state index contributed by atoms with van der Waals surface area (Å²) in [7, 11) is 2.01. The van der Waals surface area contributed by atoms with Gasteiger partial charge in [0.1, 0.15) is 13.2 Å². The number of rotatable bonds is 28. The fourth-order valence-electron chi connectivity index (χ4n) is 4.49. The average molecular weight is 696 g/mol. The number of unbranched alkanes of at least 4 members (excludes halogenated alkanes) is 15. The van der Waals surface area contributed by atoms with E-state index < -0.39 is 7.82 Å². The lowest BCUT2D eigenvalue weighted by atomic mass is 10.0. The highest BCUT2D eigenvalue weighted by Gasteiger charge is 2.22. The van der Waals surface area contributed by atoms with Gasteiger partial charge >= 0.3 is 7.82 Å². The molecular weight excluding hydrogens is 636 g/mol. The molecule has 1 rings (SSSR count). The van der Waals surface area contributed by atoms with Crippen LogP contribution in [0.2, 0.25) is 0 Å². The molecule has 0 fully saturated rings. The van der Waals surface area contributed by atoms with Crippen LogP contribution >= 0.6 is 30.4 Å². The fraction of sp³-hybridized carbons (Fsp3) is 0.781. The predicted molar refractivity (Wildman–Crippen MR) is 176 cm³/mol. The second-order valence-electron chi connectivity index (χ2n) is 12.0. The quantitative estimate of drug-likeness (QED) is 0.0410. The molecule has 1 aromatic rings. The van der Waals surface area contributed by atoms with Crippen LogP contribution in [0.15, 0.2) is 24.3 Å². The molecule has 1 aromatic carbocycles. The molecule has 1 atom stereocenters. The summed E-state index contributed by atoms with van der Waals surface area (Å²) in [6, 6.07) is 8.97. The lowest BCUT2D eigenvalue weighted by Crippen LogP contribution is -2.37. The molecule has 0 bridgehead atoms.